The van der Waals surface area contributed by atoms with Crippen LogP contribution in [0.25, 0.3) is 11.3 Å². The van der Waals surface area contributed by atoms with Crippen LogP contribution >= 0.6 is 11.6 Å². The summed E-state index contributed by atoms with van der Waals surface area (Å²) in [5.74, 6) is 0. The van der Waals surface area contributed by atoms with Crippen LogP contribution in [0.2, 0.25) is 5.02 Å². The normalized spacial score (nSPS) is 9.93. The second-order valence-electron chi connectivity index (χ2n) is 3.34. The van der Waals surface area contributed by atoms with Crippen molar-refractivity contribution < 1.29 is 0 Å². The number of benzene rings is 1. The molecule has 0 aliphatic rings. The molecule has 3 heteroatoms. The van der Waals surface area contributed by atoms with E-state index in [2.05, 4.69) is 6.07 Å². The Labute approximate surface area is 93.3 Å². The van der Waals surface area contributed by atoms with Gasteiger partial charge in [-0.25, -0.2) is 0 Å². The number of aromatic nitrogens is 1. The van der Waals surface area contributed by atoms with E-state index in [1.807, 2.05) is 36.0 Å². The van der Waals surface area contributed by atoms with Crippen LogP contribution in [0.15, 0.2) is 36.5 Å². The van der Waals surface area contributed by atoms with E-state index in [0.717, 1.165) is 16.3 Å². The fraction of sp³-hybridized carbons (Fsp3) is 0.0833. The molecule has 0 saturated heterocycles. The third kappa shape index (κ3) is 1.88. The molecule has 0 fully saturated rings. The lowest BCUT2D eigenvalue weighted by molar-refractivity contribution is 0.937. The summed E-state index contributed by atoms with van der Waals surface area (Å²) < 4.78 is 1.96. The summed E-state index contributed by atoms with van der Waals surface area (Å²) >= 11 is 5.90. The van der Waals surface area contributed by atoms with Crippen molar-refractivity contribution in [2.24, 2.45) is 7.05 Å². The minimum Gasteiger partial charge on any atom is -0.349 e. The smallest absolute Gasteiger partial charge is 0.0991 e. The predicted octanol–water partition coefficient (Wildman–Crippen LogP) is 3.22. The average molecular weight is 217 g/mol. The molecular formula is C12H9ClN2. The predicted molar refractivity (Wildman–Crippen MR) is 60.6 cm³/mol. The van der Waals surface area contributed by atoms with E-state index in [0.29, 0.717) is 5.56 Å². The number of hydrogen-bond acceptors (Lipinski definition) is 1. The summed E-state index contributed by atoms with van der Waals surface area (Å²) in [6.45, 7) is 0. The lowest BCUT2D eigenvalue weighted by atomic mass is 10.1. The molecule has 0 radical (unpaired) electrons. The van der Waals surface area contributed by atoms with Crippen molar-refractivity contribution in [1.29, 1.82) is 5.26 Å². The molecule has 74 valence electrons. The van der Waals surface area contributed by atoms with Gasteiger partial charge in [-0.15, -0.1) is 0 Å². The summed E-state index contributed by atoms with van der Waals surface area (Å²) in [7, 11) is 1.94. The van der Waals surface area contributed by atoms with Crippen LogP contribution in [-0.4, -0.2) is 4.57 Å². The van der Waals surface area contributed by atoms with Gasteiger partial charge in [-0.1, -0.05) is 23.7 Å². The van der Waals surface area contributed by atoms with Crippen LogP contribution in [0.3, 0.4) is 0 Å². The highest BCUT2D eigenvalue weighted by atomic mass is 35.5. The molecule has 0 aliphatic carbocycles. The average Bonchev–Trinajstić information content (AvgIpc) is 2.58. The molecule has 0 unspecified atom stereocenters. The van der Waals surface area contributed by atoms with E-state index in [4.69, 9.17) is 16.9 Å². The molecule has 2 nitrogen and oxygen atoms in total. The molecular weight excluding hydrogens is 208 g/mol. The van der Waals surface area contributed by atoms with Crippen molar-refractivity contribution in [3.8, 4) is 17.3 Å². The van der Waals surface area contributed by atoms with Crippen LogP contribution in [0.4, 0.5) is 0 Å². The molecule has 0 saturated carbocycles. The third-order valence-corrected chi connectivity index (χ3v) is 2.49. The highest BCUT2D eigenvalue weighted by Gasteiger charge is 2.03. The molecule has 2 rings (SSSR count). The number of aryl methyl sites for hydroxylation is 1. The molecule has 15 heavy (non-hydrogen) atoms. The first-order chi connectivity index (χ1) is 7.20. The maximum absolute atomic E-state index is 8.68. The van der Waals surface area contributed by atoms with Crippen molar-refractivity contribution in [2.75, 3.05) is 0 Å². The summed E-state index contributed by atoms with van der Waals surface area (Å²) in [5.41, 5.74) is 2.77. The van der Waals surface area contributed by atoms with Gasteiger partial charge in [0.1, 0.15) is 0 Å². The molecule has 0 aliphatic heterocycles. The zero-order chi connectivity index (χ0) is 10.8. The number of hydrogen-bond donors (Lipinski definition) is 0. The number of halogens is 1. The van der Waals surface area contributed by atoms with Crippen LogP contribution < -0.4 is 0 Å². The Hall–Kier alpha value is -1.72. The van der Waals surface area contributed by atoms with Crippen molar-refractivity contribution in [3.05, 3.63) is 47.1 Å². The van der Waals surface area contributed by atoms with E-state index in [1.165, 1.54) is 0 Å². The van der Waals surface area contributed by atoms with Gasteiger partial charge >= 0.3 is 0 Å². The summed E-state index contributed by atoms with van der Waals surface area (Å²) in [4.78, 5) is 0. The fourth-order valence-corrected chi connectivity index (χ4v) is 1.78. The van der Waals surface area contributed by atoms with Gasteiger partial charge in [-0.3, -0.25) is 0 Å². The second-order valence-corrected chi connectivity index (χ2v) is 3.78. The van der Waals surface area contributed by atoms with Crippen LogP contribution in [0.1, 0.15) is 5.56 Å². The SMILES string of the molecule is Cn1cc(Cl)cc1-c1ccc(C#N)cc1. The fourth-order valence-electron chi connectivity index (χ4n) is 1.53. The van der Waals surface area contributed by atoms with Crippen molar-refractivity contribution in [3.63, 3.8) is 0 Å². The van der Waals surface area contributed by atoms with Gasteiger partial charge < -0.3 is 4.57 Å². The van der Waals surface area contributed by atoms with Gasteiger partial charge in [0.15, 0.2) is 0 Å². The molecule has 0 atom stereocenters. The topological polar surface area (TPSA) is 28.7 Å². The first-order valence-corrected chi connectivity index (χ1v) is 4.91. The highest BCUT2D eigenvalue weighted by Crippen LogP contribution is 2.24. The largest absolute Gasteiger partial charge is 0.349 e. The zero-order valence-electron chi connectivity index (χ0n) is 8.24. The Morgan fingerprint density at radius 3 is 2.40 bits per heavy atom. The molecule has 2 aromatic rings. The van der Waals surface area contributed by atoms with Crippen LogP contribution in [0, 0.1) is 11.3 Å². The Balaban J connectivity index is 2.46. The summed E-state index contributed by atoms with van der Waals surface area (Å²) in [6, 6.07) is 11.4. The zero-order valence-corrected chi connectivity index (χ0v) is 8.99. The molecule has 0 spiro atoms. The second kappa shape index (κ2) is 3.80. The lowest BCUT2D eigenvalue weighted by Gasteiger charge is -2.02. The van der Waals surface area contributed by atoms with Gasteiger partial charge in [0.25, 0.3) is 0 Å². The molecule has 1 aromatic heterocycles. The quantitative estimate of drug-likeness (QED) is 0.720. The van der Waals surface area contributed by atoms with Gasteiger partial charge in [0.2, 0.25) is 0 Å². The Bertz CT molecular complexity index is 518. The molecule has 1 heterocycles. The van der Waals surface area contributed by atoms with E-state index >= 15 is 0 Å². The standard InChI is InChI=1S/C12H9ClN2/c1-15-8-11(13)6-12(15)10-4-2-9(7-14)3-5-10/h2-6,8H,1H3. The third-order valence-electron chi connectivity index (χ3n) is 2.28. The van der Waals surface area contributed by atoms with E-state index in [9.17, 15) is 0 Å². The van der Waals surface area contributed by atoms with E-state index < -0.39 is 0 Å². The van der Waals surface area contributed by atoms with Crippen molar-refractivity contribution in [1.82, 2.24) is 4.57 Å². The van der Waals surface area contributed by atoms with Gasteiger partial charge in [0, 0.05) is 18.9 Å². The Morgan fingerprint density at radius 1 is 1.27 bits per heavy atom. The minimum absolute atomic E-state index is 0.666. The lowest BCUT2D eigenvalue weighted by Crippen LogP contribution is -1.88. The Morgan fingerprint density at radius 2 is 1.93 bits per heavy atom. The first kappa shape index (κ1) is 9.82. The summed E-state index contributed by atoms with van der Waals surface area (Å²) in [6.07, 6.45) is 1.86. The Kier molecular flexibility index (Phi) is 2.49. The maximum Gasteiger partial charge on any atom is 0.0991 e. The number of nitrogens with zero attached hydrogens (tertiary/aromatic N) is 2. The van der Waals surface area contributed by atoms with Crippen LogP contribution in [0.5, 0.6) is 0 Å². The van der Waals surface area contributed by atoms with Gasteiger partial charge in [-0.2, -0.15) is 5.26 Å². The summed E-state index contributed by atoms with van der Waals surface area (Å²) in [5, 5.41) is 9.40. The number of nitriles is 1. The van der Waals surface area contributed by atoms with Crippen molar-refractivity contribution in [2.45, 2.75) is 0 Å². The van der Waals surface area contributed by atoms with Gasteiger partial charge in [0.05, 0.1) is 16.7 Å². The molecule has 1 aromatic carbocycles. The molecule has 0 N–H and O–H groups in total. The van der Waals surface area contributed by atoms with Crippen molar-refractivity contribution >= 4 is 11.6 Å². The first-order valence-electron chi connectivity index (χ1n) is 4.53. The van der Waals surface area contributed by atoms with Crippen LogP contribution in [-0.2, 0) is 7.05 Å². The molecule has 0 bridgehead atoms. The van der Waals surface area contributed by atoms with E-state index in [1.54, 1.807) is 12.1 Å². The highest BCUT2D eigenvalue weighted by molar-refractivity contribution is 6.30. The molecule has 0 amide bonds. The number of rotatable bonds is 1. The van der Waals surface area contributed by atoms with E-state index in [-0.39, 0.29) is 0 Å². The maximum atomic E-state index is 8.68. The monoisotopic (exact) mass is 216 g/mol. The minimum atomic E-state index is 0.666. The van der Waals surface area contributed by atoms with Gasteiger partial charge in [-0.05, 0) is 23.8 Å².